The van der Waals surface area contributed by atoms with Crippen LogP contribution in [0.5, 0.6) is 0 Å². The van der Waals surface area contributed by atoms with E-state index < -0.39 is 0 Å². The Morgan fingerprint density at radius 1 is 1.29 bits per heavy atom. The Hall–Kier alpha value is -2.76. The van der Waals surface area contributed by atoms with Gasteiger partial charge in [-0.25, -0.2) is 14.4 Å². The summed E-state index contributed by atoms with van der Waals surface area (Å²) in [5.41, 5.74) is 2.22. The van der Waals surface area contributed by atoms with Crippen molar-refractivity contribution in [3.05, 3.63) is 65.8 Å². The number of rotatable bonds is 3. The van der Waals surface area contributed by atoms with E-state index in [4.69, 9.17) is 0 Å². The zero-order chi connectivity index (χ0) is 16.5. The lowest BCUT2D eigenvalue weighted by Gasteiger charge is -2.26. The number of hydrogen-bond donors (Lipinski definition) is 1. The molecule has 1 N–H and O–H groups in total. The molecule has 0 saturated heterocycles. The molecule has 1 aliphatic rings. The van der Waals surface area contributed by atoms with E-state index in [-0.39, 0.29) is 11.9 Å². The van der Waals surface area contributed by atoms with E-state index in [1.807, 2.05) is 23.8 Å². The third-order valence-corrected chi connectivity index (χ3v) is 4.44. The summed E-state index contributed by atoms with van der Waals surface area (Å²) in [5.74, 6) is 2.05. The number of halogens is 1. The monoisotopic (exact) mass is 323 g/mol. The summed E-state index contributed by atoms with van der Waals surface area (Å²) in [4.78, 5) is 13.1. The number of nitrogens with zero attached hydrogens (tertiary/aromatic N) is 4. The molecule has 0 spiro atoms. The van der Waals surface area contributed by atoms with Crippen molar-refractivity contribution in [2.75, 3.05) is 5.32 Å². The Bertz CT molecular complexity index is 873. The first-order chi connectivity index (χ1) is 11.7. The van der Waals surface area contributed by atoms with Gasteiger partial charge in [0.05, 0.1) is 18.4 Å². The molecule has 0 radical (unpaired) electrons. The predicted molar refractivity (Wildman–Crippen MR) is 89.6 cm³/mol. The van der Waals surface area contributed by atoms with E-state index in [9.17, 15) is 4.39 Å². The molecule has 6 heteroatoms. The van der Waals surface area contributed by atoms with Gasteiger partial charge in [0.15, 0.2) is 5.82 Å². The number of nitrogens with one attached hydrogen (secondary N) is 1. The van der Waals surface area contributed by atoms with E-state index in [0.29, 0.717) is 11.6 Å². The second kappa shape index (κ2) is 6.03. The average molecular weight is 323 g/mol. The van der Waals surface area contributed by atoms with Crippen LogP contribution in [0.3, 0.4) is 0 Å². The van der Waals surface area contributed by atoms with Crippen molar-refractivity contribution in [3.63, 3.8) is 0 Å². The molecule has 1 aromatic carbocycles. The molecule has 4 rings (SSSR count). The molecule has 0 saturated carbocycles. The topological polar surface area (TPSA) is 55.6 Å². The fourth-order valence-electron chi connectivity index (χ4n) is 3.26. The Morgan fingerprint density at radius 2 is 2.21 bits per heavy atom. The first-order valence-electron chi connectivity index (χ1n) is 8.08. The molecule has 3 aromatic rings. The Morgan fingerprint density at radius 3 is 3.04 bits per heavy atom. The summed E-state index contributed by atoms with van der Waals surface area (Å²) in [6.45, 7) is 1.92. The highest BCUT2D eigenvalue weighted by Gasteiger charge is 2.21. The molecular formula is C18H18FN5. The predicted octanol–water partition coefficient (Wildman–Crippen LogP) is 3.60. The maximum atomic E-state index is 13.6. The zero-order valence-corrected chi connectivity index (χ0v) is 13.4. The van der Waals surface area contributed by atoms with Gasteiger partial charge in [-0.2, -0.15) is 0 Å². The van der Waals surface area contributed by atoms with Crippen LogP contribution < -0.4 is 5.32 Å². The van der Waals surface area contributed by atoms with Crippen molar-refractivity contribution in [2.45, 2.75) is 32.2 Å². The molecule has 1 atom stereocenters. The van der Waals surface area contributed by atoms with Crippen LogP contribution in [-0.4, -0.2) is 19.5 Å². The van der Waals surface area contributed by atoms with E-state index in [0.717, 1.165) is 30.7 Å². The lowest BCUT2D eigenvalue weighted by atomic mass is 9.87. The number of anilines is 1. The third-order valence-electron chi connectivity index (χ3n) is 4.44. The minimum absolute atomic E-state index is 0.0536. The van der Waals surface area contributed by atoms with E-state index in [1.165, 1.54) is 11.6 Å². The summed E-state index contributed by atoms with van der Waals surface area (Å²) >= 11 is 0. The number of aromatic nitrogens is 4. The second-order valence-electron chi connectivity index (χ2n) is 6.04. The van der Waals surface area contributed by atoms with Crippen LogP contribution in [0.25, 0.3) is 5.82 Å². The maximum Gasteiger partial charge on any atom is 0.159 e. The van der Waals surface area contributed by atoms with Gasteiger partial charge in [-0.15, -0.1) is 0 Å². The molecule has 1 unspecified atom stereocenters. The third kappa shape index (κ3) is 2.75. The molecule has 24 heavy (non-hydrogen) atoms. The van der Waals surface area contributed by atoms with Crippen LogP contribution >= 0.6 is 0 Å². The lowest BCUT2D eigenvalue weighted by Crippen LogP contribution is -2.18. The van der Waals surface area contributed by atoms with Crippen LogP contribution in [0, 0.1) is 12.7 Å². The van der Waals surface area contributed by atoms with Crippen LogP contribution in [0.15, 0.2) is 43.0 Å². The number of fused-ring (bicyclic) bond motifs is 1. The fourth-order valence-corrected chi connectivity index (χ4v) is 3.26. The Labute approximate surface area is 139 Å². The van der Waals surface area contributed by atoms with Crippen LogP contribution in [-0.2, 0) is 6.42 Å². The largest absolute Gasteiger partial charge is 0.362 e. The first kappa shape index (κ1) is 14.8. The second-order valence-corrected chi connectivity index (χ2v) is 6.04. The summed E-state index contributed by atoms with van der Waals surface area (Å²) in [6.07, 6.45) is 10.0. The standard InChI is InChI=1S/C18H18FN5/c1-12-21-7-8-24(12)18-11-20-10-17(23-18)22-16-4-2-3-13-5-6-14(19)9-15(13)16/h5-11,16H,2-4H2,1H3,(H,22,23). The highest BCUT2D eigenvalue weighted by molar-refractivity contribution is 5.43. The van der Waals surface area contributed by atoms with Gasteiger partial charge in [0, 0.05) is 12.4 Å². The number of imidazole rings is 1. The van der Waals surface area contributed by atoms with Crippen molar-refractivity contribution < 1.29 is 4.39 Å². The molecule has 0 bridgehead atoms. The molecule has 2 heterocycles. The molecule has 122 valence electrons. The molecule has 5 nitrogen and oxygen atoms in total. The summed E-state index contributed by atoms with van der Waals surface area (Å²) < 4.78 is 15.5. The number of aryl methyl sites for hydroxylation is 2. The van der Waals surface area contributed by atoms with Crippen molar-refractivity contribution in [3.8, 4) is 5.82 Å². The molecule has 0 aliphatic heterocycles. The van der Waals surface area contributed by atoms with E-state index in [1.54, 1.807) is 24.7 Å². The lowest BCUT2D eigenvalue weighted by molar-refractivity contribution is 0.578. The SMILES string of the molecule is Cc1nccn1-c1cncc(NC2CCCc3ccc(F)cc32)n1. The van der Waals surface area contributed by atoms with Crippen LogP contribution in [0.4, 0.5) is 10.2 Å². The van der Waals surface area contributed by atoms with Crippen LogP contribution in [0.2, 0.25) is 0 Å². The molecule has 2 aromatic heterocycles. The van der Waals surface area contributed by atoms with Gasteiger partial charge in [-0.1, -0.05) is 6.07 Å². The van der Waals surface area contributed by atoms with Gasteiger partial charge in [0.2, 0.25) is 0 Å². The highest BCUT2D eigenvalue weighted by atomic mass is 19.1. The average Bonchev–Trinajstić information content (AvgIpc) is 3.02. The van der Waals surface area contributed by atoms with Gasteiger partial charge in [0.25, 0.3) is 0 Å². The smallest absolute Gasteiger partial charge is 0.159 e. The molecule has 1 aliphatic carbocycles. The summed E-state index contributed by atoms with van der Waals surface area (Å²) in [5, 5.41) is 3.41. The summed E-state index contributed by atoms with van der Waals surface area (Å²) in [6, 6.07) is 5.10. The van der Waals surface area contributed by atoms with Crippen molar-refractivity contribution in [1.82, 2.24) is 19.5 Å². The zero-order valence-electron chi connectivity index (χ0n) is 13.4. The fraction of sp³-hybridized carbons (Fsp3) is 0.278. The number of benzene rings is 1. The quantitative estimate of drug-likeness (QED) is 0.800. The first-order valence-corrected chi connectivity index (χ1v) is 8.08. The molecular weight excluding hydrogens is 305 g/mol. The van der Waals surface area contributed by atoms with Gasteiger partial charge in [-0.05, 0) is 49.4 Å². The molecule has 0 amide bonds. The van der Waals surface area contributed by atoms with Crippen LogP contribution in [0.1, 0.15) is 35.8 Å². The van der Waals surface area contributed by atoms with Gasteiger partial charge < -0.3 is 5.32 Å². The van der Waals surface area contributed by atoms with Crippen molar-refractivity contribution in [1.29, 1.82) is 0 Å². The van der Waals surface area contributed by atoms with E-state index in [2.05, 4.69) is 20.3 Å². The van der Waals surface area contributed by atoms with Crippen molar-refractivity contribution >= 4 is 5.82 Å². The maximum absolute atomic E-state index is 13.6. The summed E-state index contributed by atoms with van der Waals surface area (Å²) in [7, 11) is 0. The van der Waals surface area contributed by atoms with E-state index >= 15 is 0 Å². The minimum atomic E-state index is -0.198. The van der Waals surface area contributed by atoms with Crippen molar-refractivity contribution in [2.24, 2.45) is 0 Å². The Kier molecular flexibility index (Phi) is 3.72. The molecule has 0 fully saturated rings. The van der Waals surface area contributed by atoms with Gasteiger partial charge >= 0.3 is 0 Å². The normalized spacial score (nSPS) is 16.7. The number of hydrogen-bond acceptors (Lipinski definition) is 4. The highest BCUT2D eigenvalue weighted by Crippen LogP contribution is 2.32. The minimum Gasteiger partial charge on any atom is -0.362 e. The van der Waals surface area contributed by atoms with Gasteiger partial charge in [0.1, 0.15) is 17.5 Å². The van der Waals surface area contributed by atoms with Gasteiger partial charge in [-0.3, -0.25) is 9.55 Å². The Balaban J connectivity index is 1.63.